The lowest BCUT2D eigenvalue weighted by Crippen LogP contribution is -2.43. The van der Waals surface area contributed by atoms with Crippen molar-refractivity contribution in [2.24, 2.45) is 5.92 Å². The minimum atomic E-state index is -0.219. The summed E-state index contributed by atoms with van der Waals surface area (Å²) in [6, 6.07) is 4.83. The molecule has 0 bridgehead atoms. The van der Waals surface area contributed by atoms with Gasteiger partial charge in [0.1, 0.15) is 5.82 Å². The van der Waals surface area contributed by atoms with Crippen LogP contribution in [0.1, 0.15) is 11.5 Å². The van der Waals surface area contributed by atoms with Gasteiger partial charge in [-0.25, -0.2) is 4.39 Å². The van der Waals surface area contributed by atoms with E-state index in [9.17, 15) is 4.39 Å². The van der Waals surface area contributed by atoms with Crippen LogP contribution in [0.4, 0.5) is 4.39 Å². The second-order valence-electron chi connectivity index (χ2n) is 4.70. The number of rotatable bonds is 3. The van der Waals surface area contributed by atoms with Crippen LogP contribution in [0, 0.1) is 18.7 Å². The molecule has 0 atom stereocenters. The Balaban J connectivity index is 0.00000133. The van der Waals surface area contributed by atoms with Gasteiger partial charge < -0.3 is 9.84 Å². The van der Waals surface area contributed by atoms with Crippen LogP contribution in [-0.4, -0.2) is 23.2 Å². The summed E-state index contributed by atoms with van der Waals surface area (Å²) in [5.41, 5.74) is 1.37. The predicted molar refractivity (Wildman–Crippen MR) is 71.7 cm³/mol. The van der Waals surface area contributed by atoms with Crippen LogP contribution in [0.5, 0.6) is 0 Å². The maximum atomic E-state index is 13.2. The van der Waals surface area contributed by atoms with E-state index in [1.807, 2.05) is 0 Å². The van der Waals surface area contributed by atoms with E-state index in [2.05, 4.69) is 15.5 Å². The molecule has 3 rings (SSSR count). The van der Waals surface area contributed by atoms with Crippen molar-refractivity contribution in [3.05, 3.63) is 35.5 Å². The van der Waals surface area contributed by atoms with E-state index in [-0.39, 0.29) is 18.2 Å². The van der Waals surface area contributed by atoms with Crippen LogP contribution in [-0.2, 0) is 6.42 Å². The first-order valence-electron chi connectivity index (χ1n) is 6.02. The molecule has 4 nitrogen and oxygen atoms in total. The average Bonchev–Trinajstić information content (AvgIpc) is 2.76. The van der Waals surface area contributed by atoms with E-state index in [0.29, 0.717) is 23.2 Å². The summed E-state index contributed by atoms with van der Waals surface area (Å²) in [5, 5.41) is 7.14. The van der Waals surface area contributed by atoms with Crippen molar-refractivity contribution in [2.45, 2.75) is 13.3 Å². The normalized spacial score (nSPS) is 14.8. The second kappa shape index (κ2) is 5.67. The van der Waals surface area contributed by atoms with Crippen LogP contribution in [0.25, 0.3) is 11.4 Å². The molecule has 2 heterocycles. The molecule has 2 aromatic rings. The molecule has 0 unspecified atom stereocenters. The molecular formula is C13H15ClFN3O. The molecule has 1 aromatic carbocycles. The van der Waals surface area contributed by atoms with E-state index in [4.69, 9.17) is 4.52 Å². The van der Waals surface area contributed by atoms with Crippen molar-refractivity contribution in [1.29, 1.82) is 0 Å². The zero-order chi connectivity index (χ0) is 12.5. The van der Waals surface area contributed by atoms with Gasteiger partial charge in [-0.15, -0.1) is 12.4 Å². The molecule has 102 valence electrons. The maximum Gasteiger partial charge on any atom is 0.227 e. The number of nitrogens with zero attached hydrogens (tertiary/aromatic N) is 2. The Morgan fingerprint density at radius 2 is 2.21 bits per heavy atom. The number of nitrogens with one attached hydrogen (secondary N) is 1. The highest BCUT2D eigenvalue weighted by molar-refractivity contribution is 5.85. The smallest absolute Gasteiger partial charge is 0.227 e. The van der Waals surface area contributed by atoms with Gasteiger partial charge in [0.25, 0.3) is 0 Å². The van der Waals surface area contributed by atoms with Gasteiger partial charge in [0, 0.05) is 12.0 Å². The van der Waals surface area contributed by atoms with Crippen molar-refractivity contribution in [3.63, 3.8) is 0 Å². The Labute approximate surface area is 116 Å². The van der Waals surface area contributed by atoms with Crippen molar-refractivity contribution in [2.75, 3.05) is 13.1 Å². The molecule has 0 radical (unpaired) electrons. The minimum absolute atomic E-state index is 0. The number of aryl methyl sites for hydroxylation is 1. The summed E-state index contributed by atoms with van der Waals surface area (Å²) in [6.45, 7) is 3.74. The van der Waals surface area contributed by atoms with Crippen molar-refractivity contribution < 1.29 is 8.91 Å². The summed E-state index contributed by atoms with van der Waals surface area (Å²) in [6.07, 6.45) is 0.806. The molecule has 1 aromatic heterocycles. The van der Waals surface area contributed by atoms with E-state index in [1.165, 1.54) is 6.07 Å². The average molecular weight is 284 g/mol. The Bertz CT molecular complexity index is 569. The van der Waals surface area contributed by atoms with Gasteiger partial charge in [0.2, 0.25) is 11.7 Å². The van der Waals surface area contributed by atoms with E-state index >= 15 is 0 Å². The molecule has 0 amide bonds. The standard InChI is InChI=1S/C13H14FN3O.ClH/c1-8-4-10(2-3-11(8)14)13-16-12(18-17-13)5-9-6-15-7-9;/h2-4,9,15H,5-7H2,1H3;1H. The molecule has 1 saturated heterocycles. The van der Waals surface area contributed by atoms with Crippen LogP contribution < -0.4 is 5.32 Å². The van der Waals surface area contributed by atoms with Gasteiger partial charge in [-0.05, 0) is 49.7 Å². The number of hydrogen-bond donors (Lipinski definition) is 1. The SMILES string of the molecule is Cc1cc(-c2noc(CC3CNC3)n2)ccc1F.Cl. The van der Waals surface area contributed by atoms with Gasteiger partial charge in [-0.3, -0.25) is 0 Å². The number of halogens is 2. The minimum Gasteiger partial charge on any atom is -0.339 e. The number of benzene rings is 1. The maximum absolute atomic E-state index is 13.2. The molecule has 0 aliphatic carbocycles. The lowest BCUT2D eigenvalue weighted by molar-refractivity contribution is 0.296. The molecular weight excluding hydrogens is 269 g/mol. The third kappa shape index (κ3) is 2.93. The molecule has 0 spiro atoms. The van der Waals surface area contributed by atoms with E-state index in [0.717, 1.165) is 25.1 Å². The quantitative estimate of drug-likeness (QED) is 0.940. The molecule has 1 aliphatic heterocycles. The van der Waals surface area contributed by atoms with E-state index < -0.39 is 0 Å². The number of aromatic nitrogens is 2. The van der Waals surface area contributed by atoms with Crippen molar-refractivity contribution in [1.82, 2.24) is 15.5 Å². The fraction of sp³-hybridized carbons (Fsp3) is 0.385. The van der Waals surface area contributed by atoms with Gasteiger partial charge in [-0.1, -0.05) is 5.16 Å². The summed E-state index contributed by atoms with van der Waals surface area (Å²) in [7, 11) is 0. The topological polar surface area (TPSA) is 51.0 Å². The van der Waals surface area contributed by atoms with Crippen LogP contribution in [0.3, 0.4) is 0 Å². The summed E-state index contributed by atoms with van der Waals surface area (Å²) in [5.74, 6) is 1.55. The first kappa shape index (κ1) is 14.0. The summed E-state index contributed by atoms with van der Waals surface area (Å²) in [4.78, 5) is 4.35. The fourth-order valence-electron chi connectivity index (χ4n) is 1.98. The van der Waals surface area contributed by atoms with Crippen LogP contribution >= 0.6 is 12.4 Å². The monoisotopic (exact) mass is 283 g/mol. The molecule has 19 heavy (non-hydrogen) atoms. The fourth-order valence-corrected chi connectivity index (χ4v) is 1.98. The number of hydrogen-bond acceptors (Lipinski definition) is 4. The zero-order valence-corrected chi connectivity index (χ0v) is 11.3. The molecule has 0 saturated carbocycles. The van der Waals surface area contributed by atoms with Gasteiger partial charge in [0.15, 0.2) is 0 Å². The summed E-state index contributed by atoms with van der Waals surface area (Å²) >= 11 is 0. The lowest BCUT2D eigenvalue weighted by Gasteiger charge is -2.25. The highest BCUT2D eigenvalue weighted by atomic mass is 35.5. The third-order valence-corrected chi connectivity index (χ3v) is 3.21. The zero-order valence-electron chi connectivity index (χ0n) is 10.5. The second-order valence-corrected chi connectivity index (χ2v) is 4.70. The molecule has 1 fully saturated rings. The third-order valence-electron chi connectivity index (χ3n) is 3.21. The Hall–Kier alpha value is -1.46. The highest BCUT2D eigenvalue weighted by Gasteiger charge is 2.20. The summed E-state index contributed by atoms with van der Waals surface area (Å²) < 4.78 is 18.4. The van der Waals surface area contributed by atoms with Crippen LogP contribution in [0.2, 0.25) is 0 Å². The Morgan fingerprint density at radius 3 is 2.84 bits per heavy atom. The Kier molecular flexibility index (Phi) is 4.17. The highest BCUT2D eigenvalue weighted by Crippen LogP contribution is 2.20. The predicted octanol–water partition coefficient (Wildman–Crippen LogP) is 2.37. The molecule has 1 aliphatic rings. The van der Waals surface area contributed by atoms with Gasteiger partial charge >= 0.3 is 0 Å². The first-order valence-corrected chi connectivity index (χ1v) is 6.02. The van der Waals surface area contributed by atoms with Crippen LogP contribution in [0.15, 0.2) is 22.7 Å². The van der Waals surface area contributed by atoms with Crippen molar-refractivity contribution in [3.8, 4) is 11.4 Å². The largest absolute Gasteiger partial charge is 0.339 e. The Morgan fingerprint density at radius 1 is 1.42 bits per heavy atom. The molecule has 6 heteroatoms. The first-order chi connectivity index (χ1) is 8.72. The van der Waals surface area contributed by atoms with E-state index in [1.54, 1.807) is 19.1 Å². The van der Waals surface area contributed by atoms with Gasteiger partial charge in [0.05, 0.1) is 0 Å². The lowest BCUT2D eigenvalue weighted by atomic mass is 10.00. The van der Waals surface area contributed by atoms with Crippen molar-refractivity contribution >= 4 is 12.4 Å². The van der Waals surface area contributed by atoms with Gasteiger partial charge in [-0.2, -0.15) is 4.98 Å². The molecule has 1 N–H and O–H groups in total.